The molecule has 0 spiro atoms. The molecule has 4 nitrogen and oxygen atoms in total. The first-order valence-corrected chi connectivity index (χ1v) is 8.31. The van der Waals surface area contributed by atoms with Crippen molar-refractivity contribution in [1.82, 2.24) is 4.31 Å². The van der Waals surface area contributed by atoms with E-state index in [4.69, 9.17) is 5.73 Å². The van der Waals surface area contributed by atoms with E-state index < -0.39 is 15.8 Å². The minimum absolute atomic E-state index is 0.0463. The van der Waals surface area contributed by atoms with Crippen molar-refractivity contribution < 1.29 is 12.8 Å². The summed E-state index contributed by atoms with van der Waals surface area (Å²) < 4.78 is 40.4. The Balaban J connectivity index is 2.45. The SMILES string of the molecule is Cc1ccc(F)cc1S(=O)(=O)N1CCCCC1C(C)N. The number of halogens is 1. The second-order valence-electron chi connectivity index (χ2n) is 5.45. The van der Waals surface area contributed by atoms with Crippen molar-refractivity contribution >= 4 is 10.0 Å². The monoisotopic (exact) mass is 300 g/mol. The van der Waals surface area contributed by atoms with Crippen LogP contribution in [0.1, 0.15) is 31.7 Å². The maximum Gasteiger partial charge on any atom is 0.243 e. The van der Waals surface area contributed by atoms with Crippen LogP contribution >= 0.6 is 0 Å². The molecule has 1 saturated heterocycles. The minimum Gasteiger partial charge on any atom is -0.326 e. The lowest BCUT2D eigenvalue weighted by molar-refractivity contribution is 0.227. The second-order valence-corrected chi connectivity index (χ2v) is 7.31. The molecule has 0 bridgehead atoms. The third-order valence-corrected chi connectivity index (χ3v) is 5.91. The molecule has 2 N–H and O–H groups in total. The predicted molar refractivity (Wildman–Crippen MR) is 76.3 cm³/mol. The standard InChI is InChI=1S/C14H21FN2O2S/c1-10-6-7-12(15)9-14(10)20(18,19)17-8-4-3-5-13(17)11(2)16/h6-7,9,11,13H,3-5,8,16H2,1-2H3. The Hall–Kier alpha value is -0.980. The first-order valence-electron chi connectivity index (χ1n) is 6.87. The third-order valence-electron chi connectivity index (χ3n) is 3.84. The Morgan fingerprint density at radius 1 is 1.40 bits per heavy atom. The molecule has 0 amide bonds. The average molecular weight is 300 g/mol. The molecule has 6 heteroatoms. The highest BCUT2D eigenvalue weighted by atomic mass is 32.2. The van der Waals surface area contributed by atoms with Gasteiger partial charge in [-0.25, -0.2) is 12.8 Å². The van der Waals surface area contributed by atoms with Gasteiger partial charge in [-0.05, 0) is 44.4 Å². The van der Waals surface area contributed by atoms with E-state index in [1.807, 2.05) is 6.92 Å². The summed E-state index contributed by atoms with van der Waals surface area (Å²) in [4.78, 5) is 0.0463. The number of hydrogen-bond acceptors (Lipinski definition) is 3. The Bertz CT molecular complexity index is 587. The van der Waals surface area contributed by atoms with E-state index in [1.54, 1.807) is 6.92 Å². The number of nitrogens with zero attached hydrogens (tertiary/aromatic N) is 1. The Morgan fingerprint density at radius 3 is 2.75 bits per heavy atom. The Kier molecular flexibility index (Phi) is 4.46. The first-order chi connectivity index (χ1) is 9.34. The van der Waals surface area contributed by atoms with Crippen LogP contribution in [-0.4, -0.2) is 31.4 Å². The molecule has 1 fully saturated rings. The van der Waals surface area contributed by atoms with Gasteiger partial charge >= 0.3 is 0 Å². The van der Waals surface area contributed by atoms with Crippen LogP contribution < -0.4 is 5.73 Å². The molecule has 2 atom stereocenters. The molecule has 0 radical (unpaired) electrons. The molecule has 1 aromatic rings. The summed E-state index contributed by atoms with van der Waals surface area (Å²) in [5.41, 5.74) is 6.48. The van der Waals surface area contributed by atoms with E-state index in [2.05, 4.69) is 0 Å². The lowest BCUT2D eigenvalue weighted by Crippen LogP contribution is -2.51. The van der Waals surface area contributed by atoms with Crippen molar-refractivity contribution in [3.63, 3.8) is 0 Å². The fourth-order valence-corrected chi connectivity index (χ4v) is 4.75. The van der Waals surface area contributed by atoms with Crippen LogP contribution in [0.2, 0.25) is 0 Å². The lowest BCUT2D eigenvalue weighted by Gasteiger charge is -2.37. The largest absolute Gasteiger partial charge is 0.326 e. The first kappa shape index (κ1) is 15.4. The van der Waals surface area contributed by atoms with E-state index in [0.717, 1.165) is 25.3 Å². The zero-order chi connectivity index (χ0) is 14.9. The summed E-state index contributed by atoms with van der Waals surface area (Å²) in [5, 5.41) is 0. The fourth-order valence-electron chi connectivity index (χ4n) is 2.73. The van der Waals surface area contributed by atoms with Gasteiger partial charge in [-0.3, -0.25) is 0 Å². The molecule has 20 heavy (non-hydrogen) atoms. The third kappa shape index (κ3) is 2.87. The summed E-state index contributed by atoms with van der Waals surface area (Å²) in [7, 11) is -3.70. The van der Waals surface area contributed by atoms with Gasteiger partial charge in [0.1, 0.15) is 5.82 Å². The van der Waals surface area contributed by atoms with E-state index in [9.17, 15) is 12.8 Å². The fraction of sp³-hybridized carbons (Fsp3) is 0.571. The summed E-state index contributed by atoms with van der Waals surface area (Å²) in [6, 6.07) is 3.41. The molecule has 1 aliphatic heterocycles. The number of sulfonamides is 1. The Labute approximate surface area is 119 Å². The van der Waals surface area contributed by atoms with Crippen molar-refractivity contribution in [2.24, 2.45) is 5.73 Å². The molecule has 0 saturated carbocycles. The molecule has 2 unspecified atom stereocenters. The molecule has 1 heterocycles. The van der Waals surface area contributed by atoms with Crippen molar-refractivity contribution in [1.29, 1.82) is 0 Å². The molecule has 0 aromatic heterocycles. The quantitative estimate of drug-likeness (QED) is 0.929. The van der Waals surface area contributed by atoms with Crippen LogP contribution in [-0.2, 0) is 10.0 Å². The van der Waals surface area contributed by atoms with Crippen molar-refractivity contribution in [2.75, 3.05) is 6.54 Å². The zero-order valence-electron chi connectivity index (χ0n) is 11.8. The molecule has 112 valence electrons. The summed E-state index contributed by atoms with van der Waals surface area (Å²) in [6.07, 6.45) is 2.54. The average Bonchev–Trinajstić information content (AvgIpc) is 2.41. The lowest BCUT2D eigenvalue weighted by atomic mass is 10.00. The van der Waals surface area contributed by atoms with Gasteiger partial charge in [-0.1, -0.05) is 12.5 Å². The topological polar surface area (TPSA) is 63.4 Å². The van der Waals surface area contributed by atoms with Crippen molar-refractivity contribution in [3.05, 3.63) is 29.6 Å². The van der Waals surface area contributed by atoms with Crippen LogP contribution in [0.15, 0.2) is 23.1 Å². The normalized spacial score (nSPS) is 22.7. The van der Waals surface area contributed by atoms with Crippen LogP contribution in [0, 0.1) is 12.7 Å². The van der Waals surface area contributed by atoms with Gasteiger partial charge in [0.15, 0.2) is 0 Å². The number of rotatable bonds is 3. The number of hydrogen-bond donors (Lipinski definition) is 1. The molecule has 1 aromatic carbocycles. The van der Waals surface area contributed by atoms with E-state index in [0.29, 0.717) is 12.1 Å². The predicted octanol–water partition coefficient (Wildman–Crippen LogP) is 2.02. The van der Waals surface area contributed by atoms with Gasteiger partial charge in [0.2, 0.25) is 10.0 Å². The Morgan fingerprint density at radius 2 is 2.10 bits per heavy atom. The molecule has 2 rings (SSSR count). The van der Waals surface area contributed by atoms with E-state index in [1.165, 1.54) is 16.4 Å². The molecular formula is C14H21FN2O2S. The second kappa shape index (κ2) is 5.79. The van der Waals surface area contributed by atoms with Gasteiger partial charge in [0, 0.05) is 18.6 Å². The van der Waals surface area contributed by atoms with Crippen LogP contribution in [0.4, 0.5) is 4.39 Å². The highest BCUT2D eigenvalue weighted by Crippen LogP contribution is 2.28. The highest BCUT2D eigenvalue weighted by Gasteiger charge is 2.36. The number of nitrogens with two attached hydrogens (primary N) is 1. The van der Waals surface area contributed by atoms with Crippen molar-refractivity contribution in [3.8, 4) is 0 Å². The number of aryl methyl sites for hydroxylation is 1. The maximum atomic E-state index is 13.4. The summed E-state index contributed by atoms with van der Waals surface area (Å²) >= 11 is 0. The van der Waals surface area contributed by atoms with Crippen LogP contribution in [0.3, 0.4) is 0 Å². The zero-order valence-corrected chi connectivity index (χ0v) is 12.7. The molecule has 1 aliphatic rings. The van der Waals surface area contributed by atoms with E-state index in [-0.39, 0.29) is 17.0 Å². The van der Waals surface area contributed by atoms with Crippen molar-refractivity contribution in [2.45, 2.75) is 50.1 Å². The molecular weight excluding hydrogens is 279 g/mol. The maximum absolute atomic E-state index is 13.4. The number of piperidine rings is 1. The molecule has 0 aliphatic carbocycles. The van der Waals surface area contributed by atoms with Crippen LogP contribution in [0.5, 0.6) is 0 Å². The van der Waals surface area contributed by atoms with Gasteiger partial charge < -0.3 is 5.73 Å². The van der Waals surface area contributed by atoms with Gasteiger partial charge in [0.05, 0.1) is 4.90 Å². The number of benzene rings is 1. The van der Waals surface area contributed by atoms with Crippen LogP contribution in [0.25, 0.3) is 0 Å². The summed E-state index contributed by atoms with van der Waals surface area (Å²) in [5.74, 6) is -0.538. The highest BCUT2D eigenvalue weighted by molar-refractivity contribution is 7.89. The van der Waals surface area contributed by atoms with Gasteiger partial charge in [0.25, 0.3) is 0 Å². The summed E-state index contributed by atoms with van der Waals surface area (Å²) in [6.45, 7) is 3.94. The van der Waals surface area contributed by atoms with Gasteiger partial charge in [-0.2, -0.15) is 4.31 Å². The minimum atomic E-state index is -3.70. The smallest absolute Gasteiger partial charge is 0.243 e. The van der Waals surface area contributed by atoms with E-state index >= 15 is 0 Å². The van der Waals surface area contributed by atoms with Gasteiger partial charge in [-0.15, -0.1) is 0 Å².